The van der Waals surface area contributed by atoms with Crippen molar-refractivity contribution in [3.63, 3.8) is 0 Å². The van der Waals surface area contributed by atoms with Gasteiger partial charge in [-0.2, -0.15) is 5.10 Å². The Morgan fingerprint density at radius 2 is 1.77 bits per heavy atom. The summed E-state index contributed by atoms with van der Waals surface area (Å²) in [6, 6.07) is 16.8. The molecule has 1 aromatic heterocycles. The fraction of sp³-hybridized carbons (Fsp3) is 0.391. The van der Waals surface area contributed by atoms with Crippen molar-refractivity contribution in [2.45, 2.75) is 32.5 Å². The second-order valence-corrected chi connectivity index (χ2v) is 7.87. The second-order valence-electron chi connectivity index (χ2n) is 7.51. The van der Waals surface area contributed by atoms with Crippen LogP contribution in [0, 0.1) is 4.77 Å². The van der Waals surface area contributed by atoms with Crippen LogP contribution in [0.1, 0.15) is 31.4 Å². The second kappa shape index (κ2) is 9.02. The van der Waals surface area contributed by atoms with Gasteiger partial charge in [-0.1, -0.05) is 12.1 Å². The van der Waals surface area contributed by atoms with E-state index in [1.54, 1.807) is 7.11 Å². The molecule has 0 spiro atoms. The zero-order valence-corrected chi connectivity index (χ0v) is 18.6. The average molecular weight is 425 g/mol. The van der Waals surface area contributed by atoms with Gasteiger partial charge in [0.1, 0.15) is 11.5 Å². The zero-order valence-electron chi connectivity index (χ0n) is 17.7. The molecule has 1 aliphatic rings. The van der Waals surface area contributed by atoms with Gasteiger partial charge in [0.05, 0.1) is 20.4 Å². The predicted molar refractivity (Wildman–Crippen MR) is 120 cm³/mol. The first-order chi connectivity index (χ1) is 14.6. The number of aromatic nitrogens is 3. The Labute approximate surface area is 182 Å². The van der Waals surface area contributed by atoms with Gasteiger partial charge in [0.2, 0.25) is 0 Å². The molecule has 6 nitrogen and oxygen atoms in total. The SMILES string of the molecule is CCOc1ccc([C@H]2CCCN2Cn2nc(-c3ccc(OC)cc3)n(C)c2=S)cc1. The van der Waals surface area contributed by atoms with Crippen molar-refractivity contribution in [2.75, 3.05) is 20.3 Å². The lowest BCUT2D eigenvalue weighted by Gasteiger charge is -2.24. The molecule has 3 aromatic rings. The molecule has 158 valence electrons. The maximum Gasteiger partial charge on any atom is 0.199 e. The topological polar surface area (TPSA) is 44.4 Å². The number of hydrogen-bond acceptors (Lipinski definition) is 5. The fourth-order valence-electron chi connectivity index (χ4n) is 4.07. The Kier molecular flexibility index (Phi) is 6.20. The Balaban J connectivity index is 1.55. The number of nitrogens with zero attached hydrogens (tertiary/aromatic N) is 4. The Morgan fingerprint density at radius 1 is 1.07 bits per heavy atom. The minimum Gasteiger partial charge on any atom is -0.497 e. The van der Waals surface area contributed by atoms with Crippen LogP contribution < -0.4 is 9.47 Å². The Bertz CT molecular complexity index is 1040. The molecule has 0 saturated carbocycles. The summed E-state index contributed by atoms with van der Waals surface area (Å²) in [6.07, 6.45) is 2.31. The molecule has 7 heteroatoms. The van der Waals surface area contributed by atoms with E-state index in [-0.39, 0.29) is 0 Å². The highest BCUT2D eigenvalue weighted by atomic mass is 32.1. The third-order valence-electron chi connectivity index (χ3n) is 5.64. The van der Waals surface area contributed by atoms with E-state index in [1.807, 2.05) is 47.5 Å². The lowest BCUT2D eigenvalue weighted by atomic mass is 10.0. The number of benzene rings is 2. The van der Waals surface area contributed by atoms with Crippen molar-refractivity contribution in [2.24, 2.45) is 7.05 Å². The summed E-state index contributed by atoms with van der Waals surface area (Å²) in [5, 5.41) is 4.84. The molecule has 1 fully saturated rings. The smallest absolute Gasteiger partial charge is 0.199 e. The molecule has 0 aliphatic carbocycles. The number of rotatable bonds is 7. The predicted octanol–water partition coefficient (Wildman–Crippen LogP) is 4.82. The lowest BCUT2D eigenvalue weighted by molar-refractivity contribution is 0.190. The highest BCUT2D eigenvalue weighted by molar-refractivity contribution is 7.71. The van der Waals surface area contributed by atoms with Gasteiger partial charge in [-0.25, -0.2) is 4.68 Å². The van der Waals surface area contributed by atoms with E-state index in [9.17, 15) is 0 Å². The first-order valence-electron chi connectivity index (χ1n) is 10.4. The van der Waals surface area contributed by atoms with E-state index in [0.717, 1.165) is 40.6 Å². The van der Waals surface area contributed by atoms with Crippen LogP contribution in [0.4, 0.5) is 0 Å². The van der Waals surface area contributed by atoms with Crippen molar-refractivity contribution in [3.05, 3.63) is 58.9 Å². The van der Waals surface area contributed by atoms with E-state index in [0.29, 0.717) is 19.3 Å². The number of methoxy groups -OCH3 is 1. The van der Waals surface area contributed by atoms with Gasteiger partial charge in [-0.3, -0.25) is 4.90 Å². The van der Waals surface area contributed by atoms with E-state index in [4.69, 9.17) is 26.8 Å². The van der Waals surface area contributed by atoms with Gasteiger partial charge in [0.25, 0.3) is 0 Å². The zero-order chi connectivity index (χ0) is 21.1. The van der Waals surface area contributed by atoms with Crippen LogP contribution in [0.5, 0.6) is 11.5 Å². The lowest BCUT2D eigenvalue weighted by Crippen LogP contribution is -2.27. The molecule has 0 radical (unpaired) electrons. The standard InChI is InChI=1S/C23H28N4O2S/c1-4-29-20-13-7-17(8-14-20)21-6-5-15-26(21)16-27-23(30)25(2)22(24-27)18-9-11-19(28-3)12-10-18/h7-14,21H,4-6,15-16H2,1-3H3/t21-/m1/s1. The molecule has 2 aromatic carbocycles. The van der Waals surface area contributed by atoms with Gasteiger partial charge in [0.15, 0.2) is 10.6 Å². The van der Waals surface area contributed by atoms with Crippen LogP contribution in [0.3, 0.4) is 0 Å². The summed E-state index contributed by atoms with van der Waals surface area (Å²) in [4.78, 5) is 2.45. The molecule has 1 saturated heterocycles. The number of ether oxygens (including phenoxy) is 2. The van der Waals surface area contributed by atoms with Crippen molar-refractivity contribution >= 4 is 12.2 Å². The molecule has 0 bridgehead atoms. The molecule has 0 unspecified atom stereocenters. The fourth-order valence-corrected chi connectivity index (χ4v) is 4.25. The first kappa shape index (κ1) is 20.6. The van der Waals surface area contributed by atoms with E-state index < -0.39 is 0 Å². The highest BCUT2D eigenvalue weighted by Gasteiger charge is 2.27. The maximum absolute atomic E-state index is 5.69. The summed E-state index contributed by atoms with van der Waals surface area (Å²) in [5.41, 5.74) is 2.33. The van der Waals surface area contributed by atoms with E-state index in [2.05, 4.69) is 29.2 Å². The van der Waals surface area contributed by atoms with Crippen LogP contribution in [0.25, 0.3) is 11.4 Å². The molecule has 1 aliphatic heterocycles. The molecule has 0 N–H and O–H groups in total. The summed E-state index contributed by atoms with van der Waals surface area (Å²) < 4.78 is 15.5. The molecule has 1 atom stereocenters. The van der Waals surface area contributed by atoms with Crippen LogP contribution >= 0.6 is 12.2 Å². The van der Waals surface area contributed by atoms with Crippen molar-refractivity contribution in [1.82, 2.24) is 19.2 Å². The van der Waals surface area contributed by atoms with Crippen molar-refractivity contribution in [1.29, 1.82) is 0 Å². The van der Waals surface area contributed by atoms with E-state index in [1.165, 1.54) is 12.0 Å². The van der Waals surface area contributed by atoms with Crippen molar-refractivity contribution in [3.8, 4) is 22.9 Å². The molecule has 4 rings (SSSR count). The number of likely N-dealkylation sites (tertiary alicyclic amines) is 1. The van der Waals surface area contributed by atoms with Gasteiger partial charge >= 0.3 is 0 Å². The monoisotopic (exact) mass is 424 g/mol. The molecular weight excluding hydrogens is 396 g/mol. The Morgan fingerprint density at radius 3 is 2.43 bits per heavy atom. The average Bonchev–Trinajstić information content (AvgIpc) is 3.35. The summed E-state index contributed by atoms with van der Waals surface area (Å²) in [6.45, 7) is 4.40. The van der Waals surface area contributed by atoms with Crippen LogP contribution in [-0.2, 0) is 13.7 Å². The third kappa shape index (κ3) is 4.13. The molecule has 0 amide bonds. The highest BCUT2D eigenvalue weighted by Crippen LogP contribution is 2.33. The normalized spacial score (nSPS) is 16.7. The molecule has 30 heavy (non-hydrogen) atoms. The van der Waals surface area contributed by atoms with Gasteiger partial charge in [-0.15, -0.1) is 0 Å². The summed E-state index contributed by atoms with van der Waals surface area (Å²) in [7, 11) is 3.64. The van der Waals surface area contributed by atoms with Crippen LogP contribution in [0.15, 0.2) is 48.5 Å². The largest absolute Gasteiger partial charge is 0.497 e. The number of hydrogen-bond donors (Lipinski definition) is 0. The van der Waals surface area contributed by atoms with E-state index >= 15 is 0 Å². The van der Waals surface area contributed by atoms with Crippen LogP contribution in [0.2, 0.25) is 0 Å². The molecule has 2 heterocycles. The quantitative estimate of drug-likeness (QED) is 0.509. The minimum absolute atomic E-state index is 0.369. The summed E-state index contributed by atoms with van der Waals surface area (Å²) in [5.74, 6) is 2.61. The minimum atomic E-state index is 0.369. The third-order valence-corrected chi connectivity index (χ3v) is 6.13. The Hall–Kier alpha value is -2.64. The molecular formula is C23H28N4O2S. The van der Waals surface area contributed by atoms with Crippen LogP contribution in [-0.4, -0.2) is 39.5 Å². The van der Waals surface area contributed by atoms with Gasteiger partial charge in [-0.05, 0) is 73.9 Å². The maximum atomic E-state index is 5.69. The van der Waals surface area contributed by atoms with Gasteiger partial charge < -0.3 is 14.0 Å². The van der Waals surface area contributed by atoms with Crippen molar-refractivity contribution < 1.29 is 9.47 Å². The summed E-state index contributed by atoms with van der Waals surface area (Å²) >= 11 is 5.69. The van der Waals surface area contributed by atoms with Gasteiger partial charge in [0, 0.05) is 25.2 Å². The first-order valence-corrected chi connectivity index (χ1v) is 10.8.